The van der Waals surface area contributed by atoms with Gasteiger partial charge in [-0.2, -0.15) is 0 Å². The number of rotatable bonds is 6. The molecule has 0 aromatic heterocycles. The lowest BCUT2D eigenvalue weighted by Crippen LogP contribution is -2.46. The van der Waals surface area contributed by atoms with E-state index < -0.39 is 11.7 Å². The van der Waals surface area contributed by atoms with Crippen LogP contribution < -0.4 is 9.47 Å². The highest BCUT2D eigenvalue weighted by atomic mass is 16.7. The van der Waals surface area contributed by atoms with Gasteiger partial charge >= 0.3 is 0 Å². The standard InChI is InChI=1S/C20H31NO5/c1-20(2,3)19(22)21-9-8-13-10-16(23-4)17(24-5)11-14(13)15(21)12-18(25-6)26-7/h10-11,15,18H,8-9,12H2,1-7H3. The molecule has 0 spiro atoms. The van der Waals surface area contributed by atoms with Gasteiger partial charge in [-0.15, -0.1) is 0 Å². The van der Waals surface area contributed by atoms with Crippen molar-refractivity contribution in [2.75, 3.05) is 35.0 Å². The van der Waals surface area contributed by atoms with Crippen molar-refractivity contribution in [3.05, 3.63) is 23.3 Å². The normalized spacial score (nSPS) is 17.2. The largest absolute Gasteiger partial charge is 0.493 e. The third-order valence-electron chi connectivity index (χ3n) is 4.85. The van der Waals surface area contributed by atoms with Gasteiger partial charge in [-0.25, -0.2) is 0 Å². The molecule has 1 aromatic carbocycles. The zero-order valence-corrected chi connectivity index (χ0v) is 16.9. The topological polar surface area (TPSA) is 57.2 Å². The molecule has 26 heavy (non-hydrogen) atoms. The Morgan fingerprint density at radius 3 is 2.19 bits per heavy atom. The average molecular weight is 365 g/mol. The number of methoxy groups -OCH3 is 4. The van der Waals surface area contributed by atoms with Crippen LogP contribution in [0.4, 0.5) is 0 Å². The van der Waals surface area contributed by atoms with Crippen LogP contribution in [0.25, 0.3) is 0 Å². The summed E-state index contributed by atoms with van der Waals surface area (Å²) in [4.78, 5) is 15.0. The summed E-state index contributed by atoms with van der Waals surface area (Å²) in [7, 11) is 6.48. The maximum absolute atomic E-state index is 13.1. The lowest BCUT2D eigenvalue weighted by atomic mass is 9.86. The first-order valence-corrected chi connectivity index (χ1v) is 8.88. The van der Waals surface area contributed by atoms with E-state index in [1.54, 1.807) is 28.4 Å². The first-order chi connectivity index (χ1) is 12.3. The number of carbonyl (C=O) groups is 1. The number of hydrogen-bond acceptors (Lipinski definition) is 5. The number of benzene rings is 1. The second-order valence-electron chi connectivity index (χ2n) is 7.56. The van der Waals surface area contributed by atoms with Gasteiger partial charge in [0.05, 0.1) is 20.3 Å². The minimum absolute atomic E-state index is 0.119. The summed E-state index contributed by atoms with van der Waals surface area (Å²) < 4.78 is 21.7. The Hall–Kier alpha value is -1.79. The molecule has 0 bridgehead atoms. The highest BCUT2D eigenvalue weighted by Gasteiger charge is 2.37. The molecule has 0 saturated heterocycles. The van der Waals surface area contributed by atoms with E-state index in [1.807, 2.05) is 37.8 Å². The Labute approximate surface area is 156 Å². The van der Waals surface area contributed by atoms with Crippen LogP contribution in [-0.4, -0.2) is 52.1 Å². The number of amides is 1. The molecule has 6 nitrogen and oxygen atoms in total. The van der Waals surface area contributed by atoms with Crippen molar-refractivity contribution in [2.24, 2.45) is 5.41 Å². The van der Waals surface area contributed by atoms with Crippen molar-refractivity contribution in [1.29, 1.82) is 0 Å². The monoisotopic (exact) mass is 365 g/mol. The summed E-state index contributed by atoms with van der Waals surface area (Å²) in [5, 5.41) is 0. The van der Waals surface area contributed by atoms with E-state index in [0.29, 0.717) is 24.5 Å². The summed E-state index contributed by atoms with van der Waals surface area (Å²) in [6.07, 6.45) is 0.935. The van der Waals surface area contributed by atoms with Gasteiger partial charge in [0.1, 0.15) is 0 Å². The van der Waals surface area contributed by atoms with Crippen LogP contribution in [0, 0.1) is 5.41 Å². The molecule has 0 N–H and O–H groups in total. The molecule has 1 aromatic rings. The van der Waals surface area contributed by atoms with E-state index in [-0.39, 0.29) is 11.9 Å². The van der Waals surface area contributed by atoms with Crippen LogP contribution in [0.5, 0.6) is 11.5 Å². The predicted octanol–water partition coefficient (Wildman–Crippen LogP) is 3.18. The summed E-state index contributed by atoms with van der Waals surface area (Å²) in [5.41, 5.74) is 1.77. The number of fused-ring (bicyclic) bond motifs is 1. The fourth-order valence-corrected chi connectivity index (χ4v) is 3.43. The van der Waals surface area contributed by atoms with E-state index in [4.69, 9.17) is 18.9 Å². The van der Waals surface area contributed by atoms with Gasteiger partial charge in [0.25, 0.3) is 0 Å². The van der Waals surface area contributed by atoms with Crippen molar-refractivity contribution in [3.8, 4) is 11.5 Å². The van der Waals surface area contributed by atoms with Crippen LogP contribution in [-0.2, 0) is 20.7 Å². The molecule has 0 aliphatic carbocycles. The van der Waals surface area contributed by atoms with Crippen molar-refractivity contribution in [2.45, 2.75) is 45.9 Å². The molecule has 0 fully saturated rings. The van der Waals surface area contributed by atoms with Crippen LogP contribution in [0.2, 0.25) is 0 Å². The number of nitrogens with zero attached hydrogens (tertiary/aromatic N) is 1. The summed E-state index contributed by atoms with van der Waals surface area (Å²) in [5.74, 6) is 1.48. The zero-order valence-electron chi connectivity index (χ0n) is 16.9. The summed E-state index contributed by atoms with van der Waals surface area (Å²) in [6, 6.07) is 3.84. The smallest absolute Gasteiger partial charge is 0.228 e. The van der Waals surface area contributed by atoms with Gasteiger partial charge in [0.2, 0.25) is 5.91 Å². The molecule has 1 unspecified atom stereocenters. The minimum Gasteiger partial charge on any atom is -0.493 e. The molecule has 146 valence electrons. The van der Waals surface area contributed by atoms with Crippen molar-refractivity contribution in [1.82, 2.24) is 4.90 Å². The molecule has 0 radical (unpaired) electrons. The first-order valence-electron chi connectivity index (χ1n) is 8.88. The second-order valence-corrected chi connectivity index (χ2v) is 7.56. The SMILES string of the molecule is COc1cc2c(cc1OC)C(CC(OC)OC)N(C(=O)C(C)(C)C)CC2. The van der Waals surface area contributed by atoms with Crippen molar-refractivity contribution in [3.63, 3.8) is 0 Å². The minimum atomic E-state index is -0.456. The molecule has 6 heteroatoms. The molecular formula is C20H31NO5. The Balaban J connectivity index is 2.51. The molecule has 2 rings (SSSR count). The lowest BCUT2D eigenvalue weighted by molar-refractivity contribution is -0.149. The van der Waals surface area contributed by atoms with Gasteiger partial charge < -0.3 is 23.8 Å². The molecular weight excluding hydrogens is 334 g/mol. The summed E-state index contributed by atoms with van der Waals surface area (Å²) in [6.45, 7) is 6.49. The van der Waals surface area contributed by atoms with Crippen LogP contribution >= 0.6 is 0 Å². The van der Waals surface area contributed by atoms with E-state index in [1.165, 1.54) is 0 Å². The first kappa shape index (κ1) is 20.5. The van der Waals surface area contributed by atoms with E-state index in [2.05, 4.69) is 0 Å². The molecule has 1 aliphatic rings. The fraction of sp³-hybridized carbons (Fsp3) is 0.650. The molecule has 1 heterocycles. The quantitative estimate of drug-likeness (QED) is 0.725. The predicted molar refractivity (Wildman–Crippen MR) is 99.6 cm³/mol. The van der Waals surface area contributed by atoms with Crippen molar-refractivity contribution < 1.29 is 23.7 Å². The van der Waals surface area contributed by atoms with E-state index in [9.17, 15) is 4.79 Å². The van der Waals surface area contributed by atoms with Crippen molar-refractivity contribution >= 4 is 5.91 Å². The molecule has 1 atom stereocenters. The number of carbonyl (C=O) groups excluding carboxylic acids is 1. The maximum atomic E-state index is 13.1. The van der Waals surface area contributed by atoms with E-state index in [0.717, 1.165) is 17.5 Å². The lowest BCUT2D eigenvalue weighted by Gasteiger charge is -2.41. The van der Waals surface area contributed by atoms with Crippen LogP contribution in [0.15, 0.2) is 12.1 Å². The van der Waals surface area contributed by atoms with Gasteiger partial charge in [0, 0.05) is 32.6 Å². The van der Waals surface area contributed by atoms with E-state index >= 15 is 0 Å². The van der Waals surface area contributed by atoms with Crippen LogP contribution in [0.1, 0.15) is 44.4 Å². The Kier molecular flexibility index (Phi) is 6.53. The van der Waals surface area contributed by atoms with Gasteiger partial charge in [-0.05, 0) is 29.7 Å². The van der Waals surface area contributed by atoms with Crippen LogP contribution in [0.3, 0.4) is 0 Å². The highest BCUT2D eigenvalue weighted by molar-refractivity contribution is 5.82. The van der Waals surface area contributed by atoms with Gasteiger partial charge in [0.15, 0.2) is 17.8 Å². The third-order valence-corrected chi connectivity index (χ3v) is 4.85. The summed E-state index contributed by atoms with van der Waals surface area (Å²) >= 11 is 0. The fourth-order valence-electron chi connectivity index (χ4n) is 3.43. The Bertz CT molecular complexity index is 634. The van der Waals surface area contributed by atoms with Gasteiger partial charge in [-0.3, -0.25) is 4.79 Å². The number of ether oxygens (including phenoxy) is 4. The van der Waals surface area contributed by atoms with Gasteiger partial charge in [-0.1, -0.05) is 20.8 Å². The molecule has 1 aliphatic heterocycles. The molecule has 1 amide bonds. The highest BCUT2D eigenvalue weighted by Crippen LogP contribution is 2.41. The average Bonchev–Trinajstić information content (AvgIpc) is 2.63. The Morgan fingerprint density at radius 2 is 1.69 bits per heavy atom. The molecule has 0 saturated carbocycles. The Morgan fingerprint density at radius 1 is 1.12 bits per heavy atom. The third kappa shape index (κ3) is 4.13. The zero-order chi connectivity index (χ0) is 19.5. The number of hydrogen-bond donors (Lipinski definition) is 0. The maximum Gasteiger partial charge on any atom is 0.228 e. The second kappa shape index (κ2) is 8.27.